The molecule has 1 fully saturated rings. The summed E-state index contributed by atoms with van der Waals surface area (Å²) in [6, 6.07) is 11.4. The van der Waals surface area contributed by atoms with E-state index in [4.69, 9.17) is 9.47 Å². The molecule has 0 saturated carbocycles. The Morgan fingerprint density at radius 1 is 1.18 bits per heavy atom. The van der Waals surface area contributed by atoms with Gasteiger partial charge < -0.3 is 14.8 Å². The number of piperidine rings is 1. The number of hydrogen-bond acceptors (Lipinski definition) is 5. The van der Waals surface area contributed by atoms with Gasteiger partial charge in [-0.2, -0.15) is 0 Å². The third-order valence-corrected chi connectivity index (χ3v) is 6.71. The maximum atomic E-state index is 14.6. The Labute approximate surface area is 199 Å². The van der Waals surface area contributed by atoms with Gasteiger partial charge in [-0.3, -0.25) is 14.7 Å². The number of aromatic nitrogens is 1. The molecule has 2 aliphatic heterocycles. The van der Waals surface area contributed by atoms with E-state index in [-0.39, 0.29) is 18.3 Å². The summed E-state index contributed by atoms with van der Waals surface area (Å²) < 4.78 is 26.0. The third kappa shape index (κ3) is 4.99. The quantitative estimate of drug-likeness (QED) is 0.576. The van der Waals surface area contributed by atoms with Gasteiger partial charge in [0, 0.05) is 23.7 Å². The van der Waals surface area contributed by atoms with Gasteiger partial charge in [-0.15, -0.1) is 0 Å². The average Bonchev–Trinajstić information content (AvgIpc) is 2.80. The minimum atomic E-state index is -0.263. The molecule has 3 heterocycles. The largest absolute Gasteiger partial charge is 0.492 e. The van der Waals surface area contributed by atoms with Crippen LogP contribution in [-0.2, 0) is 11.2 Å². The van der Waals surface area contributed by atoms with Gasteiger partial charge in [0.25, 0.3) is 5.91 Å². The predicted molar refractivity (Wildman–Crippen MR) is 130 cm³/mol. The molecular formula is C27H30FN3O3. The molecule has 3 aromatic rings. The van der Waals surface area contributed by atoms with E-state index in [1.165, 1.54) is 6.07 Å². The minimum Gasteiger partial charge on any atom is -0.492 e. The summed E-state index contributed by atoms with van der Waals surface area (Å²) in [6.45, 7) is 7.41. The molecule has 2 aromatic carbocycles. The standard InChI is InChI=1S/C27H30FN3O3/c1-17-11-23-21(4-3-18(2)29-23)25(12-17)33-10-9-31-7-5-19(6-8-31)13-20-14-24-26(15-22(20)28)34-16-27(32)30-24/h3-4,11-12,14-15,19H,5-10,13,16H2,1-2H3,(H,30,32). The molecule has 0 radical (unpaired) electrons. The van der Waals surface area contributed by atoms with Crippen LogP contribution in [0.15, 0.2) is 36.4 Å². The van der Waals surface area contributed by atoms with Crippen LogP contribution in [0.25, 0.3) is 10.9 Å². The number of hydrogen-bond donors (Lipinski definition) is 1. The van der Waals surface area contributed by atoms with Crippen LogP contribution in [0.1, 0.15) is 29.7 Å². The van der Waals surface area contributed by atoms with Gasteiger partial charge in [0.15, 0.2) is 6.61 Å². The van der Waals surface area contributed by atoms with Gasteiger partial charge in [0.2, 0.25) is 0 Å². The summed E-state index contributed by atoms with van der Waals surface area (Å²) >= 11 is 0. The molecule has 0 bridgehead atoms. The van der Waals surface area contributed by atoms with Crippen molar-refractivity contribution in [2.45, 2.75) is 33.1 Å². The van der Waals surface area contributed by atoms with Crippen molar-refractivity contribution in [2.75, 3.05) is 38.2 Å². The van der Waals surface area contributed by atoms with Crippen molar-refractivity contribution in [1.29, 1.82) is 0 Å². The maximum Gasteiger partial charge on any atom is 0.262 e. The van der Waals surface area contributed by atoms with E-state index < -0.39 is 0 Å². The summed E-state index contributed by atoms with van der Waals surface area (Å²) in [5, 5.41) is 3.81. The molecule has 34 heavy (non-hydrogen) atoms. The lowest BCUT2D eigenvalue weighted by molar-refractivity contribution is -0.118. The second-order valence-corrected chi connectivity index (χ2v) is 9.40. The number of carbonyl (C=O) groups excluding carboxylic acids is 1. The lowest BCUT2D eigenvalue weighted by atomic mass is 9.89. The van der Waals surface area contributed by atoms with Crippen LogP contribution in [0.3, 0.4) is 0 Å². The Morgan fingerprint density at radius 3 is 2.82 bits per heavy atom. The zero-order valence-electron chi connectivity index (χ0n) is 19.7. The molecule has 0 unspecified atom stereocenters. The van der Waals surface area contributed by atoms with Crippen LogP contribution in [0.4, 0.5) is 10.1 Å². The highest BCUT2D eigenvalue weighted by molar-refractivity contribution is 5.95. The number of nitrogens with zero attached hydrogens (tertiary/aromatic N) is 2. The van der Waals surface area contributed by atoms with Crippen molar-refractivity contribution >= 4 is 22.5 Å². The zero-order chi connectivity index (χ0) is 23.7. The number of carbonyl (C=O) groups is 1. The lowest BCUT2D eigenvalue weighted by Crippen LogP contribution is -2.37. The van der Waals surface area contributed by atoms with Gasteiger partial charge >= 0.3 is 0 Å². The average molecular weight is 464 g/mol. The summed E-state index contributed by atoms with van der Waals surface area (Å²) in [6.07, 6.45) is 2.69. The number of halogens is 1. The Balaban J connectivity index is 1.13. The molecule has 1 aromatic heterocycles. The summed E-state index contributed by atoms with van der Waals surface area (Å²) in [5.41, 5.74) is 4.32. The van der Waals surface area contributed by atoms with Gasteiger partial charge in [-0.25, -0.2) is 4.39 Å². The zero-order valence-corrected chi connectivity index (χ0v) is 19.7. The molecule has 0 spiro atoms. The molecule has 7 heteroatoms. The fourth-order valence-electron chi connectivity index (χ4n) is 4.87. The molecule has 0 atom stereocenters. The van der Waals surface area contributed by atoms with E-state index in [9.17, 15) is 9.18 Å². The van der Waals surface area contributed by atoms with Gasteiger partial charge in [-0.05, 0) is 93.6 Å². The van der Waals surface area contributed by atoms with Gasteiger partial charge in [-0.1, -0.05) is 0 Å². The monoisotopic (exact) mass is 463 g/mol. The summed E-state index contributed by atoms with van der Waals surface area (Å²) in [4.78, 5) is 18.6. The minimum absolute atomic E-state index is 0.0649. The van der Waals surface area contributed by atoms with Crippen molar-refractivity contribution in [3.05, 3.63) is 59.0 Å². The van der Waals surface area contributed by atoms with E-state index in [0.29, 0.717) is 35.9 Å². The number of nitrogens with one attached hydrogen (secondary N) is 1. The van der Waals surface area contributed by atoms with E-state index >= 15 is 0 Å². The third-order valence-electron chi connectivity index (χ3n) is 6.71. The highest BCUT2D eigenvalue weighted by atomic mass is 19.1. The lowest BCUT2D eigenvalue weighted by Gasteiger charge is -2.32. The molecular weight excluding hydrogens is 433 g/mol. The second-order valence-electron chi connectivity index (χ2n) is 9.40. The van der Waals surface area contributed by atoms with Crippen LogP contribution in [-0.4, -0.2) is 48.6 Å². The van der Waals surface area contributed by atoms with Gasteiger partial charge in [0.1, 0.15) is 23.9 Å². The first-order valence-electron chi connectivity index (χ1n) is 11.9. The maximum absolute atomic E-state index is 14.6. The number of aryl methyl sites for hydroxylation is 2. The fraction of sp³-hybridized carbons (Fsp3) is 0.407. The molecule has 0 aliphatic carbocycles. The summed E-state index contributed by atoms with van der Waals surface area (Å²) in [5.74, 6) is 1.24. The number of fused-ring (bicyclic) bond motifs is 2. The predicted octanol–water partition coefficient (Wildman–Crippen LogP) is 4.66. The summed E-state index contributed by atoms with van der Waals surface area (Å²) in [7, 11) is 0. The second kappa shape index (κ2) is 9.58. The van der Waals surface area contributed by atoms with E-state index in [1.807, 2.05) is 13.0 Å². The topological polar surface area (TPSA) is 63.7 Å². The molecule has 5 rings (SSSR count). The molecule has 2 aliphatic rings. The smallest absolute Gasteiger partial charge is 0.262 e. The normalized spacial score (nSPS) is 16.7. The number of likely N-dealkylation sites (tertiary alicyclic amines) is 1. The van der Waals surface area contributed by atoms with Crippen molar-refractivity contribution in [3.8, 4) is 11.5 Å². The van der Waals surface area contributed by atoms with Crippen LogP contribution < -0.4 is 14.8 Å². The van der Waals surface area contributed by atoms with E-state index in [1.54, 1.807) is 6.07 Å². The Hall–Kier alpha value is -3.19. The number of ether oxygens (including phenoxy) is 2. The van der Waals surface area contributed by atoms with Crippen LogP contribution in [0.5, 0.6) is 11.5 Å². The van der Waals surface area contributed by atoms with Gasteiger partial charge in [0.05, 0.1) is 11.2 Å². The first-order valence-corrected chi connectivity index (χ1v) is 11.9. The highest BCUT2D eigenvalue weighted by Crippen LogP contribution is 2.33. The molecule has 6 nitrogen and oxygen atoms in total. The molecule has 1 N–H and O–H groups in total. The fourth-order valence-corrected chi connectivity index (χ4v) is 4.87. The van der Waals surface area contributed by atoms with Crippen LogP contribution in [0, 0.1) is 25.6 Å². The number of benzene rings is 2. The Kier molecular flexibility index (Phi) is 6.37. The number of anilines is 1. The highest BCUT2D eigenvalue weighted by Gasteiger charge is 2.23. The number of amides is 1. The number of pyridine rings is 1. The Bertz CT molecular complexity index is 1220. The first-order chi connectivity index (χ1) is 16.4. The molecule has 1 amide bonds. The van der Waals surface area contributed by atoms with Crippen molar-refractivity contribution in [2.24, 2.45) is 5.92 Å². The van der Waals surface area contributed by atoms with Crippen molar-refractivity contribution in [3.63, 3.8) is 0 Å². The van der Waals surface area contributed by atoms with Crippen molar-refractivity contribution in [1.82, 2.24) is 9.88 Å². The first kappa shape index (κ1) is 22.6. The van der Waals surface area contributed by atoms with Crippen LogP contribution >= 0.6 is 0 Å². The molecule has 178 valence electrons. The van der Waals surface area contributed by atoms with Crippen LogP contribution in [0.2, 0.25) is 0 Å². The SMILES string of the molecule is Cc1cc(OCCN2CCC(Cc3cc4c(cc3F)OCC(=O)N4)CC2)c2ccc(C)nc2c1. The van der Waals surface area contributed by atoms with Crippen molar-refractivity contribution < 1.29 is 18.7 Å². The number of rotatable bonds is 6. The van der Waals surface area contributed by atoms with E-state index in [0.717, 1.165) is 60.4 Å². The Morgan fingerprint density at radius 2 is 2.00 bits per heavy atom. The molecule has 1 saturated heterocycles. The van der Waals surface area contributed by atoms with E-state index in [2.05, 4.69) is 40.3 Å².